The van der Waals surface area contributed by atoms with Crippen LogP contribution in [-0.2, 0) is 4.79 Å². The highest BCUT2D eigenvalue weighted by atomic mass is 79.9. The molecule has 0 aliphatic rings. The number of hydrogen-bond acceptors (Lipinski definition) is 4. The van der Waals surface area contributed by atoms with Crippen molar-refractivity contribution in [1.82, 2.24) is 0 Å². The van der Waals surface area contributed by atoms with E-state index < -0.39 is 5.97 Å². The van der Waals surface area contributed by atoms with Crippen molar-refractivity contribution in [2.45, 2.75) is 6.92 Å². The molecule has 0 aliphatic heterocycles. The first-order chi connectivity index (χ1) is 9.97. The molecule has 1 aromatic heterocycles. The molecule has 0 unspecified atom stereocenters. The molecule has 0 bridgehead atoms. The first-order valence-corrected chi connectivity index (χ1v) is 7.64. The number of carbonyl (C=O) groups is 2. The third kappa shape index (κ3) is 4.05. The van der Waals surface area contributed by atoms with Gasteiger partial charge in [0.2, 0.25) is 0 Å². The quantitative estimate of drug-likeness (QED) is 0.844. The largest absolute Gasteiger partial charge is 0.482 e. The van der Waals surface area contributed by atoms with Gasteiger partial charge in [0.15, 0.2) is 11.5 Å². The lowest BCUT2D eigenvalue weighted by atomic mass is 10.2. The van der Waals surface area contributed by atoms with Gasteiger partial charge in [-0.2, -0.15) is 0 Å². The Kier molecular flexibility index (Phi) is 4.98. The molecule has 21 heavy (non-hydrogen) atoms. The summed E-state index contributed by atoms with van der Waals surface area (Å²) in [6.07, 6.45) is 0. The molecule has 0 saturated heterocycles. The summed E-state index contributed by atoms with van der Waals surface area (Å²) in [7, 11) is 0. The number of carboxylic acid groups (broad SMARTS) is 1. The topological polar surface area (TPSA) is 75.6 Å². The molecular weight excluding hydrogens is 358 g/mol. The molecule has 0 saturated carbocycles. The Morgan fingerprint density at radius 1 is 1.38 bits per heavy atom. The fourth-order valence-electron chi connectivity index (χ4n) is 1.66. The second kappa shape index (κ2) is 6.73. The Bertz CT molecular complexity index is 683. The van der Waals surface area contributed by atoms with Crippen molar-refractivity contribution in [3.63, 3.8) is 0 Å². The van der Waals surface area contributed by atoms with E-state index in [1.54, 1.807) is 11.4 Å². The molecule has 2 N–H and O–H groups in total. The lowest BCUT2D eigenvalue weighted by Gasteiger charge is -2.09. The lowest BCUT2D eigenvalue weighted by molar-refractivity contribution is -0.118. The van der Waals surface area contributed by atoms with E-state index >= 15 is 0 Å². The first kappa shape index (κ1) is 15.5. The van der Waals surface area contributed by atoms with Gasteiger partial charge in [-0.15, -0.1) is 11.3 Å². The number of anilines is 1. The van der Waals surface area contributed by atoms with Crippen LogP contribution >= 0.6 is 27.3 Å². The molecule has 0 aliphatic carbocycles. The maximum absolute atomic E-state index is 11.8. The SMILES string of the molecule is Cc1cc(Br)ccc1NC(=O)COc1ccsc1C(=O)O. The highest BCUT2D eigenvalue weighted by Crippen LogP contribution is 2.25. The number of ether oxygens (including phenoxy) is 1. The van der Waals surface area contributed by atoms with Gasteiger partial charge in [-0.3, -0.25) is 4.79 Å². The van der Waals surface area contributed by atoms with Gasteiger partial charge < -0.3 is 15.2 Å². The summed E-state index contributed by atoms with van der Waals surface area (Å²) in [6, 6.07) is 7.03. The third-order valence-corrected chi connectivity index (χ3v) is 4.02. The number of nitrogens with one attached hydrogen (secondary N) is 1. The Balaban J connectivity index is 1.96. The molecule has 0 spiro atoms. The summed E-state index contributed by atoms with van der Waals surface area (Å²) in [4.78, 5) is 22.8. The smallest absolute Gasteiger partial charge is 0.349 e. The van der Waals surface area contributed by atoms with Gasteiger partial charge in [-0.1, -0.05) is 15.9 Å². The number of amides is 1. The van der Waals surface area contributed by atoms with Crippen LogP contribution in [0.15, 0.2) is 34.1 Å². The minimum absolute atomic E-state index is 0.0858. The van der Waals surface area contributed by atoms with E-state index in [2.05, 4.69) is 21.2 Å². The average molecular weight is 370 g/mol. The average Bonchev–Trinajstić information content (AvgIpc) is 2.88. The van der Waals surface area contributed by atoms with Gasteiger partial charge in [0.25, 0.3) is 5.91 Å². The molecule has 7 heteroatoms. The molecule has 2 rings (SSSR count). The summed E-state index contributed by atoms with van der Waals surface area (Å²) in [5.41, 5.74) is 1.61. The number of carboxylic acids is 1. The monoisotopic (exact) mass is 369 g/mol. The van der Waals surface area contributed by atoms with Gasteiger partial charge in [0.05, 0.1) is 0 Å². The highest BCUT2D eigenvalue weighted by molar-refractivity contribution is 9.10. The highest BCUT2D eigenvalue weighted by Gasteiger charge is 2.14. The van der Waals surface area contributed by atoms with Crippen molar-refractivity contribution >= 4 is 44.8 Å². The Labute approximate surface area is 133 Å². The number of carbonyl (C=O) groups excluding carboxylic acids is 1. The second-order valence-corrected chi connectivity index (χ2v) is 6.05. The maximum atomic E-state index is 11.8. The van der Waals surface area contributed by atoms with E-state index in [-0.39, 0.29) is 23.1 Å². The van der Waals surface area contributed by atoms with Crippen LogP contribution in [0.4, 0.5) is 5.69 Å². The minimum atomic E-state index is -1.07. The normalized spacial score (nSPS) is 10.2. The van der Waals surface area contributed by atoms with E-state index in [1.165, 1.54) is 6.07 Å². The molecule has 1 aromatic carbocycles. The van der Waals surface area contributed by atoms with E-state index in [4.69, 9.17) is 9.84 Å². The van der Waals surface area contributed by atoms with E-state index in [9.17, 15) is 9.59 Å². The van der Waals surface area contributed by atoms with Crippen LogP contribution in [0, 0.1) is 6.92 Å². The summed E-state index contributed by atoms with van der Waals surface area (Å²) < 4.78 is 6.17. The Hall–Kier alpha value is -1.86. The zero-order chi connectivity index (χ0) is 15.4. The molecule has 1 amide bonds. The van der Waals surface area contributed by atoms with Crippen LogP contribution in [0.25, 0.3) is 0 Å². The van der Waals surface area contributed by atoms with Gasteiger partial charge in [-0.05, 0) is 42.1 Å². The van der Waals surface area contributed by atoms with Crippen molar-refractivity contribution in [2.24, 2.45) is 0 Å². The van der Waals surface area contributed by atoms with E-state index in [0.29, 0.717) is 5.69 Å². The number of rotatable bonds is 5. The standard InChI is InChI=1S/C14H12BrNO4S/c1-8-6-9(15)2-3-10(8)16-12(17)7-20-11-4-5-21-13(11)14(18)19/h2-6H,7H2,1H3,(H,16,17)(H,18,19). The van der Waals surface area contributed by atoms with Gasteiger partial charge in [0, 0.05) is 10.2 Å². The predicted molar refractivity (Wildman–Crippen MR) is 84.3 cm³/mol. The van der Waals surface area contributed by atoms with Crippen LogP contribution < -0.4 is 10.1 Å². The molecule has 0 atom stereocenters. The fourth-order valence-corrected chi connectivity index (χ4v) is 2.81. The molecule has 0 radical (unpaired) electrons. The maximum Gasteiger partial charge on any atom is 0.349 e. The minimum Gasteiger partial charge on any atom is -0.482 e. The van der Waals surface area contributed by atoms with Crippen molar-refractivity contribution in [2.75, 3.05) is 11.9 Å². The number of aromatic carboxylic acids is 1. The van der Waals surface area contributed by atoms with E-state index in [1.807, 2.05) is 19.1 Å². The molecular formula is C14H12BrNO4S. The van der Waals surface area contributed by atoms with Gasteiger partial charge in [-0.25, -0.2) is 4.79 Å². The molecule has 1 heterocycles. The van der Waals surface area contributed by atoms with Crippen LogP contribution in [0.2, 0.25) is 0 Å². The number of aryl methyl sites for hydroxylation is 1. The summed E-state index contributed by atoms with van der Waals surface area (Å²) in [5.74, 6) is -1.21. The van der Waals surface area contributed by atoms with Crippen LogP contribution in [0.5, 0.6) is 5.75 Å². The van der Waals surface area contributed by atoms with E-state index in [0.717, 1.165) is 21.4 Å². The lowest BCUT2D eigenvalue weighted by Crippen LogP contribution is -2.21. The third-order valence-electron chi connectivity index (χ3n) is 2.64. The second-order valence-electron chi connectivity index (χ2n) is 4.22. The Morgan fingerprint density at radius 2 is 2.14 bits per heavy atom. The predicted octanol–water partition coefficient (Wildman–Crippen LogP) is 3.53. The van der Waals surface area contributed by atoms with Crippen LogP contribution in [0.1, 0.15) is 15.2 Å². The summed E-state index contributed by atoms with van der Waals surface area (Å²) in [5, 5.41) is 13.3. The van der Waals surface area contributed by atoms with Crippen molar-refractivity contribution in [3.8, 4) is 5.75 Å². The Morgan fingerprint density at radius 3 is 2.81 bits per heavy atom. The van der Waals surface area contributed by atoms with Crippen molar-refractivity contribution in [1.29, 1.82) is 0 Å². The molecule has 2 aromatic rings. The van der Waals surface area contributed by atoms with Gasteiger partial charge >= 0.3 is 5.97 Å². The number of benzene rings is 1. The number of halogens is 1. The van der Waals surface area contributed by atoms with Gasteiger partial charge in [0.1, 0.15) is 5.75 Å². The fraction of sp³-hybridized carbons (Fsp3) is 0.143. The summed E-state index contributed by atoms with van der Waals surface area (Å²) >= 11 is 4.40. The molecule has 5 nitrogen and oxygen atoms in total. The van der Waals surface area contributed by atoms with Crippen LogP contribution in [-0.4, -0.2) is 23.6 Å². The number of thiophene rings is 1. The summed E-state index contributed by atoms with van der Waals surface area (Å²) in [6.45, 7) is 1.63. The molecule has 0 fully saturated rings. The molecule has 110 valence electrons. The van der Waals surface area contributed by atoms with Crippen molar-refractivity contribution in [3.05, 3.63) is 44.6 Å². The van der Waals surface area contributed by atoms with Crippen molar-refractivity contribution < 1.29 is 19.4 Å². The first-order valence-electron chi connectivity index (χ1n) is 5.97. The zero-order valence-electron chi connectivity index (χ0n) is 11.1. The van der Waals surface area contributed by atoms with Crippen LogP contribution in [0.3, 0.4) is 0 Å². The number of hydrogen-bond donors (Lipinski definition) is 2. The zero-order valence-corrected chi connectivity index (χ0v) is 13.5.